The molecule has 0 fully saturated rings. The van der Waals surface area contributed by atoms with Gasteiger partial charge in [0.15, 0.2) is 0 Å². The summed E-state index contributed by atoms with van der Waals surface area (Å²) in [6.07, 6.45) is 1.55. The van der Waals surface area contributed by atoms with Gasteiger partial charge in [0.25, 0.3) is 0 Å². The van der Waals surface area contributed by atoms with Gasteiger partial charge in [0.05, 0.1) is 5.57 Å². The molecule has 0 radical (unpaired) electrons. The molecule has 0 saturated carbocycles. The first-order chi connectivity index (χ1) is 11.7. The Morgan fingerprint density at radius 2 is 1.92 bits per heavy atom. The van der Waals surface area contributed by atoms with E-state index in [1.54, 1.807) is 25.3 Å². The van der Waals surface area contributed by atoms with Crippen molar-refractivity contribution in [3.05, 3.63) is 58.9 Å². The summed E-state index contributed by atoms with van der Waals surface area (Å²) in [6, 6.07) is 4.39. The number of aromatic nitrogens is 1. The second-order valence-corrected chi connectivity index (χ2v) is 6.90. The summed E-state index contributed by atoms with van der Waals surface area (Å²) in [5, 5.41) is 4.85. The molecule has 0 saturated heterocycles. The van der Waals surface area contributed by atoms with E-state index in [0.717, 1.165) is 0 Å². The van der Waals surface area contributed by atoms with Crippen LogP contribution in [0.25, 0.3) is 11.1 Å². The summed E-state index contributed by atoms with van der Waals surface area (Å²) in [4.78, 5) is 15.2. The zero-order valence-corrected chi connectivity index (χ0v) is 13.7. The number of sulfonamides is 1. The topological polar surface area (TPSA) is 99.4 Å². The van der Waals surface area contributed by atoms with Crippen LogP contribution in [0.1, 0.15) is 16.8 Å². The Hall–Kier alpha value is -2.65. The number of aryl methyl sites for hydroxylation is 1. The van der Waals surface area contributed by atoms with Gasteiger partial charge >= 0.3 is 5.97 Å². The molecule has 0 bridgehead atoms. The Kier molecular flexibility index (Phi) is 4.13. The Labute approximate surface area is 142 Å². The molecular formula is C16H12F2N2O4S. The van der Waals surface area contributed by atoms with Crippen molar-refractivity contribution in [2.45, 2.75) is 11.8 Å². The fraction of sp³-hybridized carbons (Fsp3) is 0.125. The van der Waals surface area contributed by atoms with Crippen LogP contribution >= 0.6 is 0 Å². The van der Waals surface area contributed by atoms with Gasteiger partial charge in [0.2, 0.25) is 10.0 Å². The lowest BCUT2D eigenvalue weighted by atomic mass is 9.95. The molecular weight excluding hydrogens is 354 g/mol. The van der Waals surface area contributed by atoms with Gasteiger partial charge in [-0.15, -0.1) is 0 Å². The van der Waals surface area contributed by atoms with Crippen LogP contribution in [0.3, 0.4) is 0 Å². The standard InChI is InChI=1S/C16H12F2N2O4S/c1-8-9(3-2-4-20-8)11-7-24-16(21)15(11)10-5-13(18)14(6-12(10)17)25(19,22)23/h2-6H,7H2,1H3,(H2,19,22,23). The van der Waals surface area contributed by atoms with Crippen LogP contribution in [0.15, 0.2) is 35.4 Å². The van der Waals surface area contributed by atoms with Crippen LogP contribution in [-0.2, 0) is 19.6 Å². The van der Waals surface area contributed by atoms with Crippen LogP contribution in [0.5, 0.6) is 0 Å². The SMILES string of the molecule is Cc1ncccc1C1=C(c2cc(F)c(S(N)(=O)=O)cc2F)C(=O)OC1. The molecule has 1 aliphatic rings. The highest BCUT2D eigenvalue weighted by atomic mass is 32.2. The second-order valence-electron chi connectivity index (χ2n) is 5.37. The zero-order valence-electron chi connectivity index (χ0n) is 12.9. The smallest absolute Gasteiger partial charge is 0.339 e. The Morgan fingerprint density at radius 1 is 1.20 bits per heavy atom. The van der Waals surface area contributed by atoms with E-state index in [9.17, 15) is 22.0 Å². The predicted octanol–water partition coefficient (Wildman–Crippen LogP) is 1.78. The number of hydrogen-bond acceptors (Lipinski definition) is 5. The van der Waals surface area contributed by atoms with Crippen molar-refractivity contribution in [3.8, 4) is 0 Å². The van der Waals surface area contributed by atoms with E-state index >= 15 is 0 Å². The minimum Gasteiger partial charge on any atom is -0.457 e. The number of benzene rings is 1. The molecule has 0 amide bonds. The average Bonchev–Trinajstić information content (AvgIpc) is 2.90. The Morgan fingerprint density at radius 3 is 2.56 bits per heavy atom. The minimum absolute atomic E-state index is 0.126. The molecule has 1 aromatic heterocycles. The molecule has 0 aliphatic carbocycles. The molecule has 1 aromatic carbocycles. The van der Waals surface area contributed by atoms with Gasteiger partial charge in [-0.3, -0.25) is 4.98 Å². The van der Waals surface area contributed by atoms with Gasteiger partial charge in [-0.2, -0.15) is 0 Å². The summed E-state index contributed by atoms with van der Waals surface area (Å²) in [5.74, 6) is -3.19. The summed E-state index contributed by atoms with van der Waals surface area (Å²) in [6.45, 7) is 1.57. The molecule has 0 spiro atoms. The molecule has 1 aliphatic heterocycles. The van der Waals surface area contributed by atoms with Crippen LogP contribution in [-0.4, -0.2) is 26.0 Å². The largest absolute Gasteiger partial charge is 0.457 e. The average molecular weight is 366 g/mol. The van der Waals surface area contributed by atoms with Crippen LogP contribution < -0.4 is 5.14 Å². The van der Waals surface area contributed by atoms with Gasteiger partial charge < -0.3 is 4.74 Å². The molecule has 2 aromatic rings. The number of halogens is 2. The summed E-state index contributed by atoms with van der Waals surface area (Å²) >= 11 is 0. The lowest BCUT2D eigenvalue weighted by molar-refractivity contribution is -0.133. The van der Waals surface area contributed by atoms with E-state index in [0.29, 0.717) is 29.0 Å². The molecule has 2 heterocycles. The molecule has 6 nitrogen and oxygen atoms in total. The third-order valence-corrected chi connectivity index (χ3v) is 4.71. The van der Waals surface area contributed by atoms with Gasteiger partial charge in [0.1, 0.15) is 23.1 Å². The van der Waals surface area contributed by atoms with Crippen LogP contribution in [0, 0.1) is 18.6 Å². The number of carbonyl (C=O) groups is 1. The van der Waals surface area contributed by atoms with Crippen molar-refractivity contribution in [1.82, 2.24) is 4.98 Å². The number of primary sulfonamides is 1. The first kappa shape index (κ1) is 17.2. The fourth-order valence-corrected chi connectivity index (χ4v) is 3.23. The minimum atomic E-state index is -4.44. The van der Waals surface area contributed by atoms with Gasteiger partial charge in [-0.25, -0.2) is 27.1 Å². The molecule has 25 heavy (non-hydrogen) atoms. The molecule has 130 valence electrons. The second kappa shape index (κ2) is 6.01. The number of rotatable bonds is 3. The van der Waals surface area contributed by atoms with Crippen molar-refractivity contribution < 1.29 is 26.7 Å². The van der Waals surface area contributed by atoms with Crippen LogP contribution in [0.2, 0.25) is 0 Å². The number of hydrogen-bond donors (Lipinski definition) is 1. The molecule has 0 unspecified atom stereocenters. The van der Waals surface area contributed by atoms with Gasteiger partial charge in [-0.05, 0) is 25.1 Å². The van der Waals surface area contributed by atoms with Crippen molar-refractivity contribution in [3.63, 3.8) is 0 Å². The number of nitrogens with zero attached hydrogens (tertiary/aromatic N) is 1. The third-order valence-electron chi connectivity index (χ3n) is 3.78. The monoisotopic (exact) mass is 366 g/mol. The maximum Gasteiger partial charge on any atom is 0.339 e. The quantitative estimate of drug-likeness (QED) is 0.835. The van der Waals surface area contributed by atoms with Gasteiger partial charge in [0, 0.05) is 28.6 Å². The van der Waals surface area contributed by atoms with E-state index in [1.165, 1.54) is 0 Å². The number of cyclic esters (lactones) is 1. The number of nitrogens with two attached hydrogens (primary N) is 1. The van der Waals surface area contributed by atoms with Crippen molar-refractivity contribution in [2.75, 3.05) is 6.61 Å². The summed E-state index contributed by atoms with van der Waals surface area (Å²) < 4.78 is 56.1. The predicted molar refractivity (Wildman–Crippen MR) is 84.5 cm³/mol. The normalized spacial score (nSPS) is 14.8. The third kappa shape index (κ3) is 3.03. The maximum absolute atomic E-state index is 14.4. The summed E-state index contributed by atoms with van der Waals surface area (Å²) in [5.41, 5.74) is 0.908. The molecule has 0 atom stereocenters. The van der Waals surface area contributed by atoms with E-state index in [4.69, 9.17) is 9.88 Å². The van der Waals surface area contributed by atoms with Crippen molar-refractivity contribution in [2.24, 2.45) is 5.14 Å². The Bertz CT molecular complexity index is 1030. The first-order valence-corrected chi connectivity index (χ1v) is 8.59. The highest BCUT2D eigenvalue weighted by Gasteiger charge is 2.31. The van der Waals surface area contributed by atoms with E-state index in [-0.39, 0.29) is 12.2 Å². The maximum atomic E-state index is 14.4. The first-order valence-electron chi connectivity index (χ1n) is 7.04. The number of carbonyl (C=O) groups excluding carboxylic acids is 1. The van der Waals surface area contributed by atoms with Gasteiger partial charge in [-0.1, -0.05) is 6.07 Å². The lowest BCUT2D eigenvalue weighted by Gasteiger charge is -2.09. The Balaban J connectivity index is 2.26. The number of pyridine rings is 1. The van der Waals surface area contributed by atoms with Crippen molar-refractivity contribution >= 4 is 27.1 Å². The van der Waals surface area contributed by atoms with E-state index in [2.05, 4.69) is 4.98 Å². The lowest BCUT2D eigenvalue weighted by Crippen LogP contribution is -2.15. The summed E-state index contributed by atoms with van der Waals surface area (Å²) in [7, 11) is -4.44. The van der Waals surface area contributed by atoms with E-state index in [1.807, 2.05) is 0 Å². The molecule has 3 rings (SSSR count). The number of ether oxygens (including phenoxy) is 1. The highest BCUT2D eigenvalue weighted by molar-refractivity contribution is 7.89. The molecule has 9 heteroatoms. The molecule has 2 N–H and O–H groups in total. The zero-order chi connectivity index (χ0) is 18.4. The van der Waals surface area contributed by atoms with E-state index < -0.39 is 38.1 Å². The van der Waals surface area contributed by atoms with Crippen LogP contribution in [0.4, 0.5) is 8.78 Å². The van der Waals surface area contributed by atoms with Crippen molar-refractivity contribution in [1.29, 1.82) is 0 Å². The highest BCUT2D eigenvalue weighted by Crippen LogP contribution is 2.36. The fourth-order valence-electron chi connectivity index (χ4n) is 2.63. The number of esters is 1.